The van der Waals surface area contributed by atoms with Gasteiger partial charge in [0.2, 0.25) is 11.8 Å². The second kappa shape index (κ2) is 9.23. The summed E-state index contributed by atoms with van der Waals surface area (Å²) in [4.78, 5) is 12.1. The van der Waals surface area contributed by atoms with Crippen LogP contribution in [0.4, 0.5) is 5.69 Å². The van der Waals surface area contributed by atoms with Crippen LogP contribution in [0.2, 0.25) is 0 Å². The highest BCUT2D eigenvalue weighted by molar-refractivity contribution is 7.99. The third kappa shape index (κ3) is 5.34. The van der Waals surface area contributed by atoms with Crippen molar-refractivity contribution < 1.29 is 13.9 Å². The molecule has 0 radical (unpaired) electrons. The Morgan fingerprint density at radius 2 is 1.85 bits per heavy atom. The van der Waals surface area contributed by atoms with Gasteiger partial charge in [0.05, 0.1) is 12.9 Å². The maximum absolute atomic E-state index is 12.1. The number of hydrogen-bond acceptors (Lipinski definition) is 6. The van der Waals surface area contributed by atoms with E-state index in [4.69, 9.17) is 9.15 Å². The van der Waals surface area contributed by atoms with Crippen molar-refractivity contribution in [2.24, 2.45) is 0 Å². The van der Waals surface area contributed by atoms with E-state index in [1.807, 2.05) is 48.5 Å². The number of aromatic nitrogens is 2. The Labute approximate surface area is 162 Å². The highest BCUT2D eigenvalue weighted by Gasteiger charge is 2.11. The summed E-state index contributed by atoms with van der Waals surface area (Å²) >= 11 is 1.21. The van der Waals surface area contributed by atoms with Crippen LogP contribution in [0.5, 0.6) is 5.75 Å². The normalized spacial score (nSPS) is 10.6. The number of thioether (sulfide) groups is 1. The Morgan fingerprint density at radius 1 is 1.11 bits per heavy atom. The SMILES string of the molecule is CCCc1ccc(NC(=O)CSc2nnc(-c3ccc(OC)cc3)o2)cc1. The van der Waals surface area contributed by atoms with E-state index in [9.17, 15) is 4.79 Å². The number of nitrogens with zero attached hydrogens (tertiary/aromatic N) is 2. The van der Waals surface area contributed by atoms with Gasteiger partial charge >= 0.3 is 0 Å². The largest absolute Gasteiger partial charge is 0.497 e. The second-order valence-electron chi connectivity index (χ2n) is 5.89. The number of rotatable bonds is 8. The molecule has 0 fully saturated rings. The zero-order valence-electron chi connectivity index (χ0n) is 15.3. The van der Waals surface area contributed by atoms with Crippen LogP contribution in [0, 0.1) is 0 Å². The molecule has 140 valence electrons. The maximum Gasteiger partial charge on any atom is 0.277 e. The van der Waals surface area contributed by atoms with Gasteiger partial charge in [0.1, 0.15) is 5.75 Å². The minimum atomic E-state index is -0.118. The minimum Gasteiger partial charge on any atom is -0.497 e. The molecule has 0 aliphatic rings. The minimum absolute atomic E-state index is 0.118. The lowest BCUT2D eigenvalue weighted by atomic mass is 10.1. The summed E-state index contributed by atoms with van der Waals surface area (Å²) in [7, 11) is 1.61. The van der Waals surface area contributed by atoms with E-state index in [1.165, 1.54) is 17.3 Å². The van der Waals surface area contributed by atoms with E-state index >= 15 is 0 Å². The van der Waals surface area contributed by atoms with Crippen LogP contribution >= 0.6 is 11.8 Å². The molecule has 6 nitrogen and oxygen atoms in total. The van der Waals surface area contributed by atoms with Crippen LogP contribution in [-0.2, 0) is 11.2 Å². The van der Waals surface area contributed by atoms with Crippen molar-refractivity contribution in [3.05, 3.63) is 54.1 Å². The van der Waals surface area contributed by atoms with Crippen molar-refractivity contribution in [3.63, 3.8) is 0 Å². The summed E-state index contributed by atoms with van der Waals surface area (Å²) in [6, 6.07) is 15.2. The number of benzene rings is 2. The lowest BCUT2D eigenvalue weighted by molar-refractivity contribution is -0.113. The smallest absolute Gasteiger partial charge is 0.277 e. The highest BCUT2D eigenvalue weighted by Crippen LogP contribution is 2.25. The lowest BCUT2D eigenvalue weighted by Gasteiger charge is -2.05. The summed E-state index contributed by atoms with van der Waals surface area (Å²) in [6.45, 7) is 2.14. The van der Waals surface area contributed by atoms with Gasteiger partial charge in [0.15, 0.2) is 0 Å². The van der Waals surface area contributed by atoms with Gasteiger partial charge < -0.3 is 14.5 Å². The summed E-state index contributed by atoms with van der Waals surface area (Å²) in [6.07, 6.45) is 2.14. The molecule has 7 heteroatoms. The molecule has 3 aromatic rings. The fraction of sp³-hybridized carbons (Fsp3) is 0.250. The Kier molecular flexibility index (Phi) is 6.49. The molecule has 0 unspecified atom stereocenters. The first-order valence-electron chi connectivity index (χ1n) is 8.67. The molecule has 0 saturated carbocycles. The number of anilines is 1. The molecule has 1 amide bonds. The van der Waals surface area contributed by atoms with E-state index in [2.05, 4.69) is 22.4 Å². The van der Waals surface area contributed by atoms with E-state index in [0.717, 1.165) is 29.8 Å². The molecule has 1 N–H and O–H groups in total. The fourth-order valence-corrected chi connectivity index (χ4v) is 3.05. The summed E-state index contributed by atoms with van der Waals surface area (Å²) < 4.78 is 10.7. The van der Waals surface area contributed by atoms with E-state index in [1.54, 1.807) is 7.11 Å². The van der Waals surface area contributed by atoms with Crippen molar-refractivity contribution in [1.82, 2.24) is 10.2 Å². The van der Waals surface area contributed by atoms with Crippen LogP contribution < -0.4 is 10.1 Å². The van der Waals surface area contributed by atoms with E-state index in [-0.39, 0.29) is 11.7 Å². The average Bonchev–Trinajstić information content (AvgIpc) is 3.17. The molecule has 27 heavy (non-hydrogen) atoms. The Hall–Kier alpha value is -2.80. The molecular formula is C20H21N3O3S. The van der Waals surface area contributed by atoms with Gasteiger partial charge in [-0.1, -0.05) is 37.2 Å². The van der Waals surface area contributed by atoms with Gasteiger partial charge in [-0.3, -0.25) is 4.79 Å². The van der Waals surface area contributed by atoms with Gasteiger partial charge in [-0.05, 0) is 48.4 Å². The molecule has 0 bridgehead atoms. The van der Waals surface area contributed by atoms with Gasteiger partial charge in [-0.2, -0.15) is 0 Å². The number of carbonyl (C=O) groups is 1. The van der Waals surface area contributed by atoms with Crippen molar-refractivity contribution in [2.75, 3.05) is 18.2 Å². The Balaban J connectivity index is 1.52. The molecular weight excluding hydrogens is 362 g/mol. The second-order valence-corrected chi connectivity index (χ2v) is 6.81. The molecule has 0 aliphatic heterocycles. The Morgan fingerprint density at radius 3 is 2.52 bits per heavy atom. The number of aryl methyl sites for hydroxylation is 1. The standard InChI is InChI=1S/C20H21N3O3S/c1-3-4-14-5-9-16(10-6-14)21-18(24)13-27-20-23-22-19(26-20)15-7-11-17(25-2)12-8-15/h5-12H,3-4,13H2,1-2H3,(H,21,24). The van der Waals surface area contributed by atoms with E-state index < -0.39 is 0 Å². The van der Waals surface area contributed by atoms with Gasteiger partial charge in [-0.25, -0.2) is 0 Å². The fourth-order valence-electron chi connectivity index (χ4n) is 2.49. The van der Waals surface area contributed by atoms with Crippen molar-refractivity contribution in [1.29, 1.82) is 0 Å². The van der Waals surface area contributed by atoms with Gasteiger partial charge in [0, 0.05) is 11.3 Å². The first-order chi connectivity index (χ1) is 13.2. The summed E-state index contributed by atoms with van der Waals surface area (Å²) in [5.74, 6) is 1.24. The van der Waals surface area contributed by atoms with Crippen LogP contribution in [0.15, 0.2) is 58.2 Å². The quantitative estimate of drug-likeness (QED) is 0.580. The zero-order valence-corrected chi connectivity index (χ0v) is 16.1. The van der Waals surface area contributed by atoms with Crippen molar-refractivity contribution in [2.45, 2.75) is 25.0 Å². The Bertz CT molecular complexity index is 876. The molecule has 1 heterocycles. The molecule has 0 atom stereocenters. The van der Waals surface area contributed by atoms with Crippen LogP contribution in [0.3, 0.4) is 0 Å². The summed E-state index contributed by atoms with van der Waals surface area (Å²) in [5.41, 5.74) is 2.85. The summed E-state index contributed by atoms with van der Waals surface area (Å²) in [5, 5.41) is 11.2. The van der Waals surface area contributed by atoms with Gasteiger partial charge in [0.25, 0.3) is 5.22 Å². The highest BCUT2D eigenvalue weighted by atomic mass is 32.2. The predicted octanol–water partition coefficient (Wildman–Crippen LogP) is 4.43. The number of methoxy groups -OCH3 is 1. The number of ether oxygens (including phenoxy) is 1. The zero-order chi connectivity index (χ0) is 19.1. The van der Waals surface area contributed by atoms with Crippen LogP contribution in [-0.4, -0.2) is 29.0 Å². The monoisotopic (exact) mass is 383 g/mol. The average molecular weight is 383 g/mol. The van der Waals surface area contributed by atoms with Gasteiger partial charge in [-0.15, -0.1) is 10.2 Å². The molecule has 1 aromatic heterocycles. The van der Waals surface area contributed by atoms with Crippen molar-refractivity contribution in [3.8, 4) is 17.2 Å². The van der Waals surface area contributed by atoms with Crippen molar-refractivity contribution >= 4 is 23.4 Å². The molecule has 0 saturated heterocycles. The number of hydrogen-bond donors (Lipinski definition) is 1. The number of carbonyl (C=O) groups excluding carboxylic acids is 1. The first-order valence-corrected chi connectivity index (χ1v) is 9.66. The first kappa shape index (κ1) is 19.0. The molecule has 0 spiro atoms. The van der Waals surface area contributed by atoms with Crippen LogP contribution in [0.25, 0.3) is 11.5 Å². The topological polar surface area (TPSA) is 77.2 Å². The molecule has 2 aromatic carbocycles. The third-order valence-corrected chi connectivity index (χ3v) is 4.66. The number of nitrogens with one attached hydrogen (secondary N) is 1. The number of amides is 1. The lowest BCUT2D eigenvalue weighted by Crippen LogP contribution is -2.13. The third-order valence-electron chi connectivity index (χ3n) is 3.85. The molecule has 0 aliphatic carbocycles. The predicted molar refractivity (Wildman–Crippen MR) is 106 cm³/mol. The van der Waals surface area contributed by atoms with Crippen LogP contribution in [0.1, 0.15) is 18.9 Å². The molecule has 3 rings (SSSR count). The van der Waals surface area contributed by atoms with E-state index in [0.29, 0.717) is 11.1 Å². The maximum atomic E-state index is 12.1.